The molecule has 1 amide bonds. The van der Waals surface area contributed by atoms with Gasteiger partial charge in [0.15, 0.2) is 17.2 Å². The molecule has 2 spiro atoms. The summed E-state index contributed by atoms with van der Waals surface area (Å²) in [5.74, 6) is -0.327. The predicted octanol–water partition coefficient (Wildman–Crippen LogP) is 3.31. The summed E-state index contributed by atoms with van der Waals surface area (Å²) in [6, 6.07) is 5.41. The highest BCUT2D eigenvalue weighted by Crippen LogP contribution is 2.63. The summed E-state index contributed by atoms with van der Waals surface area (Å²) in [5.41, 5.74) is 4.88. The van der Waals surface area contributed by atoms with E-state index in [2.05, 4.69) is 4.85 Å². The smallest absolute Gasteiger partial charge is 0.262 e. The summed E-state index contributed by atoms with van der Waals surface area (Å²) in [4.78, 5) is 23.6. The first-order chi connectivity index (χ1) is 13.9. The van der Waals surface area contributed by atoms with E-state index in [-0.39, 0.29) is 30.2 Å². The van der Waals surface area contributed by atoms with Crippen LogP contribution in [0.2, 0.25) is 0 Å². The SMILES string of the molecule is [C-]#[N+]c1ccc2c(c1)[C@]1(N=C(N)N(CC(C)(C)F)C1=O)C1(C2)C[C@@H](C)C(O)[C@@H](C)C1. The third-order valence-corrected chi connectivity index (χ3v) is 7.15. The molecule has 0 bridgehead atoms. The molecule has 1 saturated carbocycles. The van der Waals surface area contributed by atoms with Crippen LogP contribution in [0.1, 0.15) is 51.7 Å². The highest BCUT2D eigenvalue weighted by molar-refractivity contribution is 6.08. The summed E-state index contributed by atoms with van der Waals surface area (Å²) < 4.78 is 14.5. The second-order valence-electron chi connectivity index (χ2n) is 10.1. The van der Waals surface area contributed by atoms with Gasteiger partial charge in [0.25, 0.3) is 5.91 Å². The van der Waals surface area contributed by atoms with Gasteiger partial charge in [0.05, 0.1) is 19.2 Å². The topological polar surface area (TPSA) is 83.3 Å². The molecule has 0 aromatic heterocycles. The van der Waals surface area contributed by atoms with E-state index in [1.807, 2.05) is 19.9 Å². The fourth-order valence-corrected chi connectivity index (χ4v) is 6.09. The molecule has 1 fully saturated rings. The second-order valence-corrected chi connectivity index (χ2v) is 10.1. The lowest BCUT2D eigenvalue weighted by Gasteiger charge is -2.49. The quantitative estimate of drug-likeness (QED) is 0.731. The van der Waals surface area contributed by atoms with Crippen LogP contribution >= 0.6 is 0 Å². The van der Waals surface area contributed by atoms with Gasteiger partial charge in [-0.3, -0.25) is 9.69 Å². The molecule has 5 atom stereocenters. The van der Waals surface area contributed by atoms with Gasteiger partial charge >= 0.3 is 0 Å². The van der Waals surface area contributed by atoms with Crippen LogP contribution < -0.4 is 5.73 Å². The van der Waals surface area contributed by atoms with Crippen molar-refractivity contribution in [3.63, 3.8) is 0 Å². The molecule has 160 valence electrons. The van der Waals surface area contributed by atoms with E-state index >= 15 is 0 Å². The van der Waals surface area contributed by atoms with Crippen molar-refractivity contribution in [1.29, 1.82) is 0 Å². The Kier molecular flexibility index (Phi) is 4.52. The van der Waals surface area contributed by atoms with Gasteiger partial charge in [-0.05, 0) is 56.1 Å². The largest absolute Gasteiger partial charge is 0.393 e. The van der Waals surface area contributed by atoms with Crippen LogP contribution in [0.5, 0.6) is 0 Å². The van der Waals surface area contributed by atoms with Gasteiger partial charge in [0.2, 0.25) is 0 Å². The molecule has 3 aliphatic rings. The Morgan fingerprint density at radius 1 is 1.37 bits per heavy atom. The zero-order valence-corrected chi connectivity index (χ0v) is 17.9. The number of hydrogen-bond acceptors (Lipinski definition) is 4. The van der Waals surface area contributed by atoms with Gasteiger partial charge in [0, 0.05) is 5.41 Å². The normalized spacial score (nSPS) is 35.6. The number of hydrogen-bond donors (Lipinski definition) is 2. The van der Waals surface area contributed by atoms with Gasteiger partial charge in [-0.25, -0.2) is 14.2 Å². The zero-order chi connectivity index (χ0) is 22.1. The first-order valence-electron chi connectivity index (χ1n) is 10.5. The number of nitrogens with two attached hydrogens (primary N) is 1. The molecule has 1 aromatic rings. The first kappa shape index (κ1) is 20.8. The molecule has 30 heavy (non-hydrogen) atoms. The standard InChI is InChI=1S/C23H29FN4O2/c1-13-9-22(10-14(2)18(13)29)11-15-6-7-16(26-5)8-17(15)23(22)19(30)28(20(25)27-23)12-21(3,4)24/h6-8,13-14,18,29H,9-12H2,1-4H3,(H2,25,27)/t13-,14+,18?,22?,23-/m1/s1. The minimum absolute atomic E-state index is 0.0174. The fraction of sp³-hybridized carbons (Fsp3) is 0.609. The van der Waals surface area contributed by atoms with Crippen LogP contribution in [0.25, 0.3) is 4.85 Å². The Morgan fingerprint density at radius 2 is 2.00 bits per heavy atom. The number of alkyl halides is 1. The van der Waals surface area contributed by atoms with Crippen molar-refractivity contribution in [3.05, 3.63) is 40.7 Å². The van der Waals surface area contributed by atoms with Crippen LogP contribution in [0, 0.1) is 23.8 Å². The lowest BCUT2D eigenvalue weighted by atomic mass is 9.56. The number of guanidine groups is 1. The summed E-state index contributed by atoms with van der Waals surface area (Å²) >= 11 is 0. The predicted molar refractivity (Wildman–Crippen MR) is 113 cm³/mol. The number of amides is 1. The number of rotatable bonds is 2. The van der Waals surface area contributed by atoms with Crippen molar-refractivity contribution in [2.75, 3.05) is 6.54 Å². The zero-order valence-electron chi connectivity index (χ0n) is 17.9. The maximum Gasteiger partial charge on any atom is 0.262 e. The van der Waals surface area contributed by atoms with Crippen molar-refractivity contribution in [1.82, 2.24) is 4.90 Å². The van der Waals surface area contributed by atoms with Crippen molar-refractivity contribution in [2.45, 2.75) is 64.3 Å². The molecular formula is C23H29FN4O2. The van der Waals surface area contributed by atoms with E-state index in [0.29, 0.717) is 30.5 Å². The van der Waals surface area contributed by atoms with Crippen LogP contribution in [0.3, 0.4) is 0 Å². The Hall–Kier alpha value is -2.46. The van der Waals surface area contributed by atoms with E-state index in [1.165, 1.54) is 18.7 Å². The second kappa shape index (κ2) is 6.52. The molecule has 2 unspecified atom stereocenters. The number of fused-ring (bicyclic) bond motifs is 3. The first-order valence-corrected chi connectivity index (χ1v) is 10.5. The average Bonchev–Trinajstić information content (AvgIpc) is 3.05. The molecule has 7 heteroatoms. The van der Waals surface area contributed by atoms with Crippen LogP contribution in [0.15, 0.2) is 23.2 Å². The van der Waals surface area contributed by atoms with E-state index in [1.54, 1.807) is 12.1 Å². The van der Waals surface area contributed by atoms with Crippen LogP contribution in [-0.2, 0) is 16.8 Å². The Labute approximate surface area is 176 Å². The summed E-state index contributed by atoms with van der Waals surface area (Å²) in [5, 5.41) is 10.6. The van der Waals surface area contributed by atoms with Crippen molar-refractivity contribution in [2.24, 2.45) is 28.0 Å². The number of nitrogens with zero attached hydrogens (tertiary/aromatic N) is 3. The molecular weight excluding hydrogens is 383 g/mol. The number of aliphatic imine (C=N–C) groups is 1. The maximum atomic E-state index is 14.5. The van der Waals surface area contributed by atoms with Crippen molar-refractivity contribution >= 4 is 17.6 Å². The van der Waals surface area contributed by atoms with Crippen molar-refractivity contribution in [3.8, 4) is 0 Å². The van der Waals surface area contributed by atoms with Gasteiger partial charge in [-0.15, -0.1) is 0 Å². The number of aliphatic hydroxyl groups excluding tert-OH is 1. The van der Waals surface area contributed by atoms with Crippen molar-refractivity contribution < 1.29 is 14.3 Å². The maximum absolute atomic E-state index is 14.5. The molecule has 2 aliphatic carbocycles. The third-order valence-electron chi connectivity index (χ3n) is 7.15. The third kappa shape index (κ3) is 2.77. The van der Waals surface area contributed by atoms with E-state index in [0.717, 1.165) is 5.56 Å². The molecule has 1 aromatic carbocycles. The molecule has 1 heterocycles. The van der Waals surface area contributed by atoms with Gasteiger partial charge in [-0.1, -0.05) is 32.0 Å². The Morgan fingerprint density at radius 3 is 2.57 bits per heavy atom. The minimum Gasteiger partial charge on any atom is -0.393 e. The number of aliphatic hydroxyl groups is 1. The summed E-state index contributed by atoms with van der Waals surface area (Å²) in [6.45, 7) is 14.1. The Bertz CT molecular complexity index is 964. The number of halogens is 1. The fourth-order valence-electron chi connectivity index (χ4n) is 6.09. The molecule has 1 aliphatic heterocycles. The number of carbonyl (C=O) groups is 1. The highest BCUT2D eigenvalue weighted by Gasteiger charge is 2.68. The number of carbonyl (C=O) groups excluding carboxylic acids is 1. The van der Waals surface area contributed by atoms with E-state index in [4.69, 9.17) is 17.3 Å². The van der Waals surface area contributed by atoms with E-state index < -0.39 is 22.7 Å². The molecule has 6 nitrogen and oxygen atoms in total. The van der Waals surface area contributed by atoms with E-state index in [9.17, 15) is 14.3 Å². The highest BCUT2D eigenvalue weighted by atomic mass is 19.1. The molecule has 0 saturated heterocycles. The monoisotopic (exact) mass is 412 g/mol. The summed E-state index contributed by atoms with van der Waals surface area (Å²) in [6.07, 6.45) is 1.39. The average molecular weight is 413 g/mol. The number of benzene rings is 1. The molecule has 3 N–H and O–H groups in total. The van der Waals surface area contributed by atoms with Gasteiger partial charge in [-0.2, -0.15) is 0 Å². The molecule has 4 rings (SSSR count). The van der Waals surface area contributed by atoms with Gasteiger partial charge in [0.1, 0.15) is 5.67 Å². The minimum atomic E-state index is -1.63. The lowest BCUT2D eigenvalue weighted by Crippen LogP contribution is -2.56. The van der Waals surface area contributed by atoms with Crippen LogP contribution in [0.4, 0.5) is 10.1 Å². The lowest BCUT2D eigenvalue weighted by molar-refractivity contribution is -0.142. The Balaban J connectivity index is 1.92. The van der Waals surface area contributed by atoms with Crippen LogP contribution in [-0.4, -0.2) is 40.2 Å². The molecule has 0 radical (unpaired) electrons. The van der Waals surface area contributed by atoms with Gasteiger partial charge < -0.3 is 10.8 Å². The summed E-state index contributed by atoms with van der Waals surface area (Å²) in [7, 11) is 0.